The van der Waals surface area contributed by atoms with E-state index in [0.717, 1.165) is 50.6 Å². The number of likely N-dealkylation sites (N-methyl/N-ethyl adjacent to an activating group) is 1. The summed E-state index contributed by atoms with van der Waals surface area (Å²) < 4.78 is 2.00. The van der Waals surface area contributed by atoms with Gasteiger partial charge < -0.3 is 15.1 Å². The van der Waals surface area contributed by atoms with Crippen LogP contribution in [0.2, 0.25) is 10.0 Å². The lowest BCUT2D eigenvalue weighted by molar-refractivity contribution is -0.121. The Labute approximate surface area is 171 Å². The number of benzene rings is 1. The molecule has 8 heteroatoms. The van der Waals surface area contributed by atoms with Crippen molar-refractivity contribution >= 4 is 41.1 Å². The molecule has 1 saturated heterocycles. The number of halogens is 2. The number of rotatable bonds is 9. The minimum absolute atomic E-state index is 0.0908. The Bertz CT molecular complexity index is 582. The van der Waals surface area contributed by atoms with Gasteiger partial charge in [0.05, 0.1) is 10.0 Å². The molecule has 1 aromatic carbocycles. The predicted octanol–water partition coefficient (Wildman–Crippen LogP) is 3.08. The molecule has 0 saturated carbocycles. The molecule has 0 spiro atoms. The highest BCUT2D eigenvalue weighted by Gasteiger charge is 2.13. The van der Waals surface area contributed by atoms with Crippen LogP contribution in [-0.4, -0.2) is 79.9 Å². The van der Waals surface area contributed by atoms with Crippen molar-refractivity contribution in [1.29, 1.82) is 0 Å². The smallest absolute Gasteiger partial charge is 0.221 e. The Morgan fingerprint density at radius 3 is 2.73 bits per heavy atom. The van der Waals surface area contributed by atoms with E-state index in [9.17, 15) is 4.79 Å². The van der Waals surface area contributed by atoms with E-state index in [4.69, 9.17) is 23.2 Å². The van der Waals surface area contributed by atoms with Gasteiger partial charge in [-0.05, 0) is 51.1 Å². The molecule has 1 amide bonds. The van der Waals surface area contributed by atoms with Crippen LogP contribution in [0.25, 0.3) is 0 Å². The molecular formula is C18H28Cl2N4OS. The molecule has 146 valence electrons. The first-order valence-corrected chi connectivity index (χ1v) is 10.5. The van der Waals surface area contributed by atoms with E-state index in [2.05, 4.69) is 22.2 Å². The molecule has 0 unspecified atom stereocenters. The van der Waals surface area contributed by atoms with Crippen molar-refractivity contribution in [3.05, 3.63) is 28.2 Å². The topological polar surface area (TPSA) is 38.8 Å². The number of piperazine rings is 1. The van der Waals surface area contributed by atoms with Crippen LogP contribution in [0.15, 0.2) is 23.1 Å². The van der Waals surface area contributed by atoms with Crippen LogP contribution in [0.3, 0.4) is 0 Å². The van der Waals surface area contributed by atoms with Crippen LogP contribution in [0, 0.1) is 0 Å². The fourth-order valence-electron chi connectivity index (χ4n) is 2.72. The molecule has 1 heterocycles. The molecule has 0 aliphatic carbocycles. The number of hydrogen-bond donors (Lipinski definition) is 1. The quantitative estimate of drug-likeness (QED) is 0.492. The molecule has 1 fully saturated rings. The molecule has 5 nitrogen and oxygen atoms in total. The Hall–Kier alpha value is -0.500. The third-order valence-corrected chi connectivity index (χ3v) is 6.36. The molecule has 0 radical (unpaired) electrons. The molecule has 1 N–H and O–H groups in total. The summed E-state index contributed by atoms with van der Waals surface area (Å²) >= 11 is 13.7. The summed E-state index contributed by atoms with van der Waals surface area (Å²) in [5.41, 5.74) is 0. The van der Waals surface area contributed by atoms with Crippen LogP contribution >= 0.6 is 35.1 Å². The average molecular weight is 419 g/mol. The predicted molar refractivity (Wildman–Crippen MR) is 111 cm³/mol. The molecule has 26 heavy (non-hydrogen) atoms. The molecule has 1 aliphatic rings. The van der Waals surface area contributed by atoms with Crippen LogP contribution in [-0.2, 0) is 4.79 Å². The van der Waals surface area contributed by atoms with Gasteiger partial charge in [0.15, 0.2) is 0 Å². The number of hydrogen-bond acceptors (Lipinski definition) is 5. The van der Waals surface area contributed by atoms with Crippen molar-refractivity contribution in [2.75, 3.05) is 59.9 Å². The van der Waals surface area contributed by atoms with Crippen molar-refractivity contribution in [2.24, 2.45) is 0 Å². The van der Waals surface area contributed by atoms with Gasteiger partial charge >= 0.3 is 0 Å². The van der Waals surface area contributed by atoms with Crippen molar-refractivity contribution in [3.63, 3.8) is 0 Å². The van der Waals surface area contributed by atoms with E-state index in [-0.39, 0.29) is 5.91 Å². The maximum absolute atomic E-state index is 12.0. The summed E-state index contributed by atoms with van der Waals surface area (Å²) in [6.07, 6.45) is 1.47. The van der Waals surface area contributed by atoms with Crippen LogP contribution < -0.4 is 5.32 Å². The van der Waals surface area contributed by atoms with Gasteiger partial charge in [-0.3, -0.25) is 4.79 Å². The van der Waals surface area contributed by atoms with E-state index in [1.54, 1.807) is 6.07 Å². The second kappa shape index (κ2) is 11.4. The molecule has 0 bridgehead atoms. The van der Waals surface area contributed by atoms with Gasteiger partial charge in [0.25, 0.3) is 0 Å². The van der Waals surface area contributed by atoms with Gasteiger partial charge in [-0.15, -0.1) is 0 Å². The van der Waals surface area contributed by atoms with Gasteiger partial charge in [0.2, 0.25) is 5.91 Å². The molecule has 1 aromatic rings. The minimum atomic E-state index is 0.0908. The van der Waals surface area contributed by atoms with Crippen molar-refractivity contribution < 1.29 is 4.79 Å². The summed E-state index contributed by atoms with van der Waals surface area (Å²) in [7, 11) is 4.11. The zero-order chi connectivity index (χ0) is 18.9. The second-order valence-electron chi connectivity index (χ2n) is 6.59. The first kappa shape index (κ1) is 21.8. The maximum Gasteiger partial charge on any atom is 0.221 e. The van der Waals surface area contributed by atoms with Crippen molar-refractivity contribution in [2.45, 2.75) is 17.7 Å². The molecule has 2 rings (SSSR count). The Balaban J connectivity index is 1.57. The monoisotopic (exact) mass is 418 g/mol. The third kappa shape index (κ3) is 7.62. The second-order valence-corrected chi connectivity index (χ2v) is 8.62. The Morgan fingerprint density at radius 1 is 1.27 bits per heavy atom. The largest absolute Gasteiger partial charge is 0.356 e. The highest BCUT2D eigenvalue weighted by molar-refractivity contribution is 7.97. The molecule has 0 atom stereocenters. The zero-order valence-electron chi connectivity index (χ0n) is 15.5. The minimum Gasteiger partial charge on any atom is -0.356 e. The van der Waals surface area contributed by atoms with E-state index in [0.29, 0.717) is 23.0 Å². The summed E-state index contributed by atoms with van der Waals surface area (Å²) in [4.78, 5) is 17.7. The van der Waals surface area contributed by atoms with Gasteiger partial charge in [-0.25, -0.2) is 4.31 Å². The van der Waals surface area contributed by atoms with Crippen LogP contribution in [0.1, 0.15) is 12.8 Å². The highest BCUT2D eigenvalue weighted by atomic mass is 35.5. The van der Waals surface area contributed by atoms with Gasteiger partial charge in [-0.2, -0.15) is 0 Å². The first-order valence-electron chi connectivity index (χ1n) is 8.96. The Kier molecular flexibility index (Phi) is 9.53. The average Bonchev–Trinajstić information content (AvgIpc) is 2.62. The number of nitrogens with one attached hydrogen (secondary N) is 1. The van der Waals surface area contributed by atoms with Crippen LogP contribution in [0.4, 0.5) is 0 Å². The first-order chi connectivity index (χ1) is 12.5. The lowest BCUT2D eigenvalue weighted by Gasteiger charge is -2.32. The normalized spacial score (nSPS) is 16.2. The van der Waals surface area contributed by atoms with E-state index in [1.165, 1.54) is 11.9 Å². The van der Waals surface area contributed by atoms with Crippen LogP contribution in [0.5, 0.6) is 0 Å². The molecule has 1 aliphatic heterocycles. The summed E-state index contributed by atoms with van der Waals surface area (Å²) in [5, 5.41) is 4.11. The lowest BCUT2D eigenvalue weighted by atomic mass is 10.3. The SMILES string of the molecule is CN1CCN(CCCNC(=O)CCN(C)Sc2cccc(Cl)c2Cl)CC1. The highest BCUT2D eigenvalue weighted by Crippen LogP contribution is 2.33. The summed E-state index contributed by atoms with van der Waals surface area (Å²) in [6.45, 7) is 6.95. The van der Waals surface area contributed by atoms with Gasteiger partial charge in [0, 0.05) is 50.6 Å². The standard InChI is InChI=1S/C18H28Cl2N4OS/c1-22-11-13-24(14-12-22)9-4-8-21-17(25)7-10-23(2)26-16-6-3-5-15(19)18(16)20/h3,5-6H,4,7-14H2,1-2H3,(H,21,25). The zero-order valence-corrected chi connectivity index (χ0v) is 17.8. The fourth-order valence-corrected chi connectivity index (χ4v) is 4.03. The number of amides is 1. The molecule has 0 aromatic heterocycles. The summed E-state index contributed by atoms with van der Waals surface area (Å²) in [5.74, 6) is 0.0908. The number of carbonyl (C=O) groups is 1. The van der Waals surface area contributed by atoms with Crippen molar-refractivity contribution in [1.82, 2.24) is 19.4 Å². The molecular weight excluding hydrogens is 391 g/mol. The summed E-state index contributed by atoms with van der Waals surface area (Å²) in [6, 6.07) is 5.56. The third-order valence-electron chi connectivity index (χ3n) is 4.39. The Morgan fingerprint density at radius 2 is 2.00 bits per heavy atom. The van der Waals surface area contributed by atoms with Crippen molar-refractivity contribution in [3.8, 4) is 0 Å². The van der Waals surface area contributed by atoms with Gasteiger partial charge in [0.1, 0.15) is 0 Å². The lowest BCUT2D eigenvalue weighted by Crippen LogP contribution is -2.45. The number of carbonyl (C=O) groups excluding carboxylic acids is 1. The van der Waals surface area contributed by atoms with Gasteiger partial charge in [-0.1, -0.05) is 29.3 Å². The maximum atomic E-state index is 12.0. The van der Waals surface area contributed by atoms with E-state index >= 15 is 0 Å². The van der Waals surface area contributed by atoms with E-state index in [1.807, 2.05) is 23.5 Å². The van der Waals surface area contributed by atoms with E-state index < -0.39 is 0 Å². The number of nitrogens with zero attached hydrogens (tertiary/aromatic N) is 3. The fraction of sp³-hybridized carbons (Fsp3) is 0.611.